The van der Waals surface area contributed by atoms with Crippen LogP contribution in [0.2, 0.25) is 10.0 Å². The number of rotatable bonds is 5. The molecule has 2 amide bonds. The number of nitrogens with zero attached hydrogens (tertiary/aromatic N) is 2. The Hall–Kier alpha value is -2.38. The lowest BCUT2D eigenvalue weighted by Crippen LogP contribution is -2.41. The smallest absolute Gasteiger partial charge is 0.268 e. The van der Waals surface area contributed by atoms with Crippen molar-refractivity contribution < 1.29 is 14.7 Å². The number of likely N-dealkylation sites (tertiary alicyclic amines) is 1. The Bertz CT molecular complexity index is 1110. The number of aliphatic hydroxyl groups is 1. The lowest BCUT2D eigenvalue weighted by Gasteiger charge is -2.27. The first-order chi connectivity index (χ1) is 15.3. The van der Waals surface area contributed by atoms with Crippen LogP contribution in [0, 0.1) is 0 Å². The first-order valence-corrected chi connectivity index (χ1v) is 11.4. The standard InChI is InChI=1S/C24H25Cl2N3O3/c1-2-28-10-7-15(8-11-28)9-12-29-20-14-16(22(27)30)13-19(26)21(20)24(32,23(29)31)17-5-3-4-6-18(17)25/h3-6,9,13-14,32H,2,7-8,10-12H2,1H3,(H2,27,30). The topological polar surface area (TPSA) is 86.9 Å². The molecule has 1 fully saturated rings. The van der Waals surface area contributed by atoms with E-state index < -0.39 is 17.4 Å². The van der Waals surface area contributed by atoms with Crippen molar-refractivity contribution in [1.82, 2.24) is 4.90 Å². The van der Waals surface area contributed by atoms with Crippen LogP contribution >= 0.6 is 23.2 Å². The molecule has 0 bridgehead atoms. The normalized spacial score (nSPS) is 21.1. The molecule has 8 heteroatoms. The number of piperidine rings is 1. The van der Waals surface area contributed by atoms with E-state index in [1.807, 2.05) is 6.08 Å². The van der Waals surface area contributed by atoms with Gasteiger partial charge in [-0.2, -0.15) is 0 Å². The van der Waals surface area contributed by atoms with Crippen LogP contribution in [-0.4, -0.2) is 48.0 Å². The highest BCUT2D eigenvalue weighted by molar-refractivity contribution is 6.35. The second kappa shape index (κ2) is 8.87. The summed E-state index contributed by atoms with van der Waals surface area (Å²) in [6.45, 7) is 5.37. The summed E-state index contributed by atoms with van der Waals surface area (Å²) >= 11 is 12.9. The van der Waals surface area contributed by atoms with Gasteiger partial charge in [-0.3, -0.25) is 9.59 Å². The number of carbonyl (C=O) groups excluding carboxylic acids is 2. The van der Waals surface area contributed by atoms with Gasteiger partial charge >= 0.3 is 0 Å². The number of halogens is 2. The molecule has 2 heterocycles. The summed E-state index contributed by atoms with van der Waals surface area (Å²) in [5, 5.41) is 12.1. The molecule has 32 heavy (non-hydrogen) atoms. The Labute approximate surface area is 197 Å². The van der Waals surface area contributed by atoms with E-state index in [1.165, 1.54) is 22.6 Å². The Kier molecular flexibility index (Phi) is 6.32. The van der Waals surface area contributed by atoms with Crippen LogP contribution in [0.5, 0.6) is 0 Å². The van der Waals surface area contributed by atoms with Crippen molar-refractivity contribution in [3.63, 3.8) is 0 Å². The lowest BCUT2D eigenvalue weighted by atomic mass is 9.87. The molecule has 0 aromatic heterocycles. The maximum absolute atomic E-state index is 13.6. The van der Waals surface area contributed by atoms with Crippen molar-refractivity contribution in [2.24, 2.45) is 5.73 Å². The molecule has 4 rings (SSSR count). The van der Waals surface area contributed by atoms with Crippen molar-refractivity contribution in [3.8, 4) is 0 Å². The quantitative estimate of drug-likeness (QED) is 0.647. The summed E-state index contributed by atoms with van der Waals surface area (Å²) in [7, 11) is 0. The molecular weight excluding hydrogens is 449 g/mol. The third kappa shape index (κ3) is 3.82. The average Bonchev–Trinajstić information content (AvgIpc) is 3.00. The molecule has 1 saturated heterocycles. The molecule has 168 valence electrons. The van der Waals surface area contributed by atoms with Crippen molar-refractivity contribution in [1.29, 1.82) is 0 Å². The first-order valence-electron chi connectivity index (χ1n) is 10.6. The first kappa shape index (κ1) is 22.8. The molecule has 2 aliphatic heterocycles. The van der Waals surface area contributed by atoms with Crippen molar-refractivity contribution in [2.45, 2.75) is 25.4 Å². The number of fused-ring (bicyclic) bond motifs is 1. The Morgan fingerprint density at radius 2 is 1.88 bits per heavy atom. The van der Waals surface area contributed by atoms with E-state index in [0.29, 0.717) is 5.69 Å². The Morgan fingerprint density at radius 3 is 2.50 bits per heavy atom. The van der Waals surface area contributed by atoms with E-state index in [2.05, 4.69) is 11.8 Å². The van der Waals surface area contributed by atoms with E-state index in [0.717, 1.165) is 32.5 Å². The van der Waals surface area contributed by atoms with Gasteiger partial charge in [0.25, 0.3) is 5.91 Å². The molecule has 0 saturated carbocycles. The largest absolute Gasteiger partial charge is 0.372 e. The number of primary amides is 1. The maximum Gasteiger partial charge on any atom is 0.268 e. The minimum absolute atomic E-state index is 0.0819. The number of benzene rings is 2. The summed E-state index contributed by atoms with van der Waals surface area (Å²) < 4.78 is 0. The van der Waals surface area contributed by atoms with Gasteiger partial charge in [0, 0.05) is 41.3 Å². The van der Waals surface area contributed by atoms with Gasteiger partial charge in [0.2, 0.25) is 5.91 Å². The van der Waals surface area contributed by atoms with Gasteiger partial charge in [0.15, 0.2) is 5.60 Å². The van der Waals surface area contributed by atoms with Gasteiger partial charge < -0.3 is 20.6 Å². The zero-order chi connectivity index (χ0) is 23.0. The predicted molar refractivity (Wildman–Crippen MR) is 126 cm³/mol. The van der Waals surface area contributed by atoms with Crippen LogP contribution in [0.15, 0.2) is 48.0 Å². The van der Waals surface area contributed by atoms with Crippen LogP contribution in [0.3, 0.4) is 0 Å². The molecule has 1 unspecified atom stereocenters. The number of hydrogen-bond donors (Lipinski definition) is 2. The SMILES string of the molecule is CCN1CCC(=CCN2C(=O)C(O)(c3ccccc3Cl)c3c(Cl)cc(C(N)=O)cc32)CC1. The third-order valence-electron chi connectivity index (χ3n) is 6.33. The summed E-state index contributed by atoms with van der Waals surface area (Å²) in [6.07, 6.45) is 3.89. The number of amides is 2. The lowest BCUT2D eigenvalue weighted by molar-refractivity contribution is -0.132. The fraction of sp³-hybridized carbons (Fsp3) is 0.333. The second-order valence-corrected chi connectivity index (χ2v) is 8.93. The molecule has 2 aliphatic rings. The molecule has 0 aliphatic carbocycles. The van der Waals surface area contributed by atoms with Gasteiger partial charge in [-0.15, -0.1) is 0 Å². The van der Waals surface area contributed by atoms with E-state index in [4.69, 9.17) is 28.9 Å². The minimum Gasteiger partial charge on any atom is -0.372 e. The van der Waals surface area contributed by atoms with Crippen LogP contribution in [0.25, 0.3) is 0 Å². The molecule has 2 aromatic carbocycles. The molecule has 2 aromatic rings. The minimum atomic E-state index is -2.06. The van der Waals surface area contributed by atoms with Gasteiger partial charge in [0.05, 0.1) is 10.7 Å². The molecule has 6 nitrogen and oxygen atoms in total. The molecule has 0 radical (unpaired) electrons. The van der Waals surface area contributed by atoms with Gasteiger partial charge in [-0.25, -0.2) is 0 Å². The van der Waals surface area contributed by atoms with Gasteiger partial charge in [-0.05, 0) is 37.6 Å². The van der Waals surface area contributed by atoms with Crippen LogP contribution in [-0.2, 0) is 10.4 Å². The van der Waals surface area contributed by atoms with Crippen LogP contribution in [0.4, 0.5) is 5.69 Å². The van der Waals surface area contributed by atoms with E-state index in [1.54, 1.807) is 24.3 Å². The highest BCUT2D eigenvalue weighted by Crippen LogP contribution is 2.49. The molecule has 1 atom stereocenters. The highest BCUT2D eigenvalue weighted by Gasteiger charge is 2.53. The van der Waals surface area contributed by atoms with E-state index in [-0.39, 0.29) is 33.3 Å². The predicted octanol–water partition coefficient (Wildman–Crippen LogP) is 3.72. The van der Waals surface area contributed by atoms with Gasteiger partial charge in [-0.1, -0.05) is 60.0 Å². The summed E-state index contributed by atoms with van der Waals surface area (Å²) in [5.74, 6) is -1.23. The second-order valence-electron chi connectivity index (χ2n) is 8.12. The van der Waals surface area contributed by atoms with Crippen molar-refractivity contribution in [3.05, 3.63) is 74.8 Å². The number of anilines is 1. The van der Waals surface area contributed by atoms with Crippen molar-refractivity contribution >= 4 is 40.7 Å². The number of carbonyl (C=O) groups is 2. The van der Waals surface area contributed by atoms with Gasteiger partial charge in [0.1, 0.15) is 0 Å². The van der Waals surface area contributed by atoms with Crippen molar-refractivity contribution in [2.75, 3.05) is 31.1 Å². The third-order valence-corrected chi connectivity index (χ3v) is 6.96. The zero-order valence-electron chi connectivity index (χ0n) is 17.8. The Morgan fingerprint density at radius 1 is 1.19 bits per heavy atom. The fourth-order valence-electron chi connectivity index (χ4n) is 4.48. The monoisotopic (exact) mass is 473 g/mol. The molecular formula is C24H25Cl2N3O3. The van der Waals surface area contributed by atoms with E-state index >= 15 is 0 Å². The number of nitrogens with two attached hydrogens (primary N) is 1. The average molecular weight is 474 g/mol. The summed E-state index contributed by atoms with van der Waals surface area (Å²) in [4.78, 5) is 29.3. The summed E-state index contributed by atoms with van der Waals surface area (Å²) in [5.41, 5.74) is 5.65. The molecule has 3 N–H and O–H groups in total. The molecule has 0 spiro atoms. The summed E-state index contributed by atoms with van der Waals surface area (Å²) in [6, 6.07) is 9.52. The number of hydrogen-bond acceptors (Lipinski definition) is 4. The maximum atomic E-state index is 13.6. The zero-order valence-corrected chi connectivity index (χ0v) is 19.3. The van der Waals surface area contributed by atoms with Crippen LogP contribution < -0.4 is 10.6 Å². The Balaban J connectivity index is 1.79. The fourth-order valence-corrected chi connectivity index (χ4v) is 5.11. The van der Waals surface area contributed by atoms with Crippen LogP contribution in [0.1, 0.15) is 41.3 Å². The van der Waals surface area contributed by atoms with E-state index in [9.17, 15) is 14.7 Å². The highest BCUT2D eigenvalue weighted by atomic mass is 35.5.